The van der Waals surface area contributed by atoms with Gasteiger partial charge in [-0.25, -0.2) is 0 Å². The van der Waals surface area contributed by atoms with Gasteiger partial charge in [-0.2, -0.15) is 0 Å². The molecule has 1 aliphatic heterocycles. The summed E-state index contributed by atoms with van der Waals surface area (Å²) in [6.07, 6.45) is 4.30. The van der Waals surface area contributed by atoms with Gasteiger partial charge in [-0.1, -0.05) is 0 Å². The number of aliphatic hydroxyl groups excluding tert-OH is 1. The SMILES string of the molecule is CC1(CNCCCCO)CCCO1. The smallest absolute Gasteiger partial charge is 0.0779 e. The largest absolute Gasteiger partial charge is 0.396 e. The van der Waals surface area contributed by atoms with E-state index in [-0.39, 0.29) is 5.60 Å². The van der Waals surface area contributed by atoms with E-state index >= 15 is 0 Å². The van der Waals surface area contributed by atoms with Gasteiger partial charge in [0.15, 0.2) is 0 Å². The molecule has 1 aliphatic rings. The quantitative estimate of drug-likeness (QED) is 0.607. The van der Waals surface area contributed by atoms with Gasteiger partial charge in [-0.3, -0.25) is 0 Å². The highest BCUT2D eigenvalue weighted by Gasteiger charge is 2.28. The molecule has 2 N–H and O–H groups in total. The zero-order chi connectivity index (χ0) is 9.57. The molecule has 3 heteroatoms. The molecule has 13 heavy (non-hydrogen) atoms. The van der Waals surface area contributed by atoms with Crippen molar-refractivity contribution < 1.29 is 9.84 Å². The Morgan fingerprint density at radius 1 is 1.46 bits per heavy atom. The molecule has 1 rings (SSSR count). The minimum absolute atomic E-state index is 0.0687. The number of aliphatic hydroxyl groups is 1. The van der Waals surface area contributed by atoms with Crippen LogP contribution in [0.1, 0.15) is 32.6 Å². The maximum atomic E-state index is 8.58. The van der Waals surface area contributed by atoms with E-state index in [9.17, 15) is 0 Å². The molecule has 0 aromatic carbocycles. The lowest BCUT2D eigenvalue weighted by Gasteiger charge is -2.23. The van der Waals surface area contributed by atoms with Crippen molar-refractivity contribution in [1.29, 1.82) is 0 Å². The van der Waals surface area contributed by atoms with Gasteiger partial charge in [-0.15, -0.1) is 0 Å². The van der Waals surface area contributed by atoms with E-state index < -0.39 is 0 Å². The minimum atomic E-state index is 0.0687. The molecule has 0 aromatic rings. The molecule has 0 bridgehead atoms. The van der Waals surface area contributed by atoms with E-state index in [1.54, 1.807) is 0 Å². The lowest BCUT2D eigenvalue weighted by molar-refractivity contribution is 0.0209. The fourth-order valence-electron chi connectivity index (χ4n) is 1.69. The summed E-state index contributed by atoms with van der Waals surface area (Å²) in [5.74, 6) is 0. The van der Waals surface area contributed by atoms with Crippen molar-refractivity contribution >= 4 is 0 Å². The van der Waals surface area contributed by atoms with Crippen molar-refractivity contribution in [2.75, 3.05) is 26.3 Å². The van der Waals surface area contributed by atoms with Gasteiger partial charge in [0, 0.05) is 19.8 Å². The van der Waals surface area contributed by atoms with Crippen molar-refractivity contribution in [3.05, 3.63) is 0 Å². The van der Waals surface area contributed by atoms with Crippen LogP contribution >= 0.6 is 0 Å². The fourth-order valence-corrected chi connectivity index (χ4v) is 1.69. The van der Waals surface area contributed by atoms with Gasteiger partial charge >= 0.3 is 0 Å². The van der Waals surface area contributed by atoms with Crippen LogP contribution in [0, 0.1) is 0 Å². The first kappa shape index (κ1) is 11.0. The average Bonchev–Trinajstić information content (AvgIpc) is 2.53. The van der Waals surface area contributed by atoms with Gasteiger partial charge in [0.2, 0.25) is 0 Å². The average molecular weight is 187 g/mol. The van der Waals surface area contributed by atoms with Gasteiger partial charge < -0.3 is 15.2 Å². The second kappa shape index (κ2) is 5.58. The van der Waals surface area contributed by atoms with Crippen LogP contribution in [0.15, 0.2) is 0 Å². The van der Waals surface area contributed by atoms with E-state index in [1.807, 2.05) is 0 Å². The van der Waals surface area contributed by atoms with E-state index in [0.29, 0.717) is 6.61 Å². The lowest BCUT2D eigenvalue weighted by atomic mass is 10.0. The molecule has 3 nitrogen and oxygen atoms in total. The number of nitrogens with one attached hydrogen (secondary N) is 1. The molecule has 0 saturated carbocycles. The van der Waals surface area contributed by atoms with Gasteiger partial charge in [0.25, 0.3) is 0 Å². The zero-order valence-corrected chi connectivity index (χ0v) is 8.51. The minimum Gasteiger partial charge on any atom is -0.396 e. The second-order valence-electron chi connectivity index (χ2n) is 4.01. The summed E-state index contributed by atoms with van der Waals surface area (Å²) < 4.78 is 5.64. The monoisotopic (exact) mass is 187 g/mol. The molecule has 1 unspecified atom stereocenters. The number of hydrogen-bond acceptors (Lipinski definition) is 3. The molecule has 0 aromatic heterocycles. The first-order chi connectivity index (χ1) is 6.27. The summed E-state index contributed by atoms with van der Waals surface area (Å²) in [7, 11) is 0. The topological polar surface area (TPSA) is 41.5 Å². The van der Waals surface area contributed by atoms with Gasteiger partial charge in [0.1, 0.15) is 0 Å². The van der Waals surface area contributed by atoms with Crippen molar-refractivity contribution in [1.82, 2.24) is 5.32 Å². The van der Waals surface area contributed by atoms with E-state index in [2.05, 4.69) is 12.2 Å². The second-order valence-corrected chi connectivity index (χ2v) is 4.01. The Morgan fingerprint density at radius 2 is 2.31 bits per heavy atom. The molecule has 78 valence electrons. The summed E-state index contributed by atoms with van der Waals surface area (Å²) >= 11 is 0. The molecular weight excluding hydrogens is 166 g/mol. The summed E-state index contributed by atoms with van der Waals surface area (Å²) in [6, 6.07) is 0. The number of rotatable bonds is 6. The fraction of sp³-hybridized carbons (Fsp3) is 1.00. The van der Waals surface area contributed by atoms with E-state index in [1.165, 1.54) is 12.8 Å². The van der Waals surface area contributed by atoms with Crippen LogP contribution in [0.25, 0.3) is 0 Å². The van der Waals surface area contributed by atoms with Crippen LogP contribution < -0.4 is 5.32 Å². The Labute approximate surface area is 80.5 Å². The molecule has 1 fully saturated rings. The van der Waals surface area contributed by atoms with Crippen molar-refractivity contribution in [3.63, 3.8) is 0 Å². The number of unbranched alkanes of at least 4 members (excludes halogenated alkanes) is 1. The summed E-state index contributed by atoms with van der Waals surface area (Å²) in [4.78, 5) is 0. The lowest BCUT2D eigenvalue weighted by Crippen LogP contribution is -2.37. The van der Waals surface area contributed by atoms with Crippen molar-refractivity contribution in [2.24, 2.45) is 0 Å². The molecule has 1 heterocycles. The third kappa shape index (κ3) is 4.07. The number of ether oxygens (including phenoxy) is 1. The Balaban J connectivity index is 1.98. The molecule has 1 atom stereocenters. The standard InChI is InChI=1S/C10H21NO2/c1-10(5-4-8-13-10)9-11-6-2-3-7-12/h11-12H,2-9H2,1H3. The van der Waals surface area contributed by atoms with Gasteiger partial charge in [-0.05, 0) is 39.2 Å². The molecule has 0 radical (unpaired) electrons. The summed E-state index contributed by atoms with van der Waals surface area (Å²) in [6.45, 7) is 5.31. The van der Waals surface area contributed by atoms with Crippen molar-refractivity contribution in [3.8, 4) is 0 Å². The Bertz CT molecular complexity index is 133. The molecule has 0 spiro atoms. The molecule has 0 amide bonds. The zero-order valence-electron chi connectivity index (χ0n) is 8.51. The van der Waals surface area contributed by atoms with Crippen molar-refractivity contribution in [2.45, 2.75) is 38.2 Å². The highest BCUT2D eigenvalue weighted by Crippen LogP contribution is 2.23. The van der Waals surface area contributed by atoms with Crippen LogP contribution in [-0.4, -0.2) is 37.0 Å². The Morgan fingerprint density at radius 3 is 2.92 bits per heavy atom. The number of hydrogen-bond donors (Lipinski definition) is 2. The first-order valence-electron chi connectivity index (χ1n) is 5.22. The Kier molecular flexibility index (Phi) is 4.70. The van der Waals surface area contributed by atoms with Crippen LogP contribution in [0.5, 0.6) is 0 Å². The maximum absolute atomic E-state index is 8.58. The van der Waals surface area contributed by atoms with Crippen LogP contribution in [0.2, 0.25) is 0 Å². The normalized spacial score (nSPS) is 28.2. The summed E-state index contributed by atoms with van der Waals surface area (Å²) in [5.41, 5.74) is 0.0687. The molecule has 0 aliphatic carbocycles. The first-order valence-corrected chi connectivity index (χ1v) is 5.22. The Hall–Kier alpha value is -0.120. The maximum Gasteiger partial charge on any atom is 0.0779 e. The van der Waals surface area contributed by atoms with E-state index in [4.69, 9.17) is 9.84 Å². The summed E-state index contributed by atoms with van der Waals surface area (Å²) in [5, 5.41) is 11.9. The van der Waals surface area contributed by atoms with E-state index in [0.717, 1.165) is 32.5 Å². The van der Waals surface area contributed by atoms with Crippen LogP contribution in [0.3, 0.4) is 0 Å². The highest BCUT2D eigenvalue weighted by atomic mass is 16.5. The predicted molar refractivity (Wildman–Crippen MR) is 52.8 cm³/mol. The molecular formula is C10H21NO2. The highest BCUT2D eigenvalue weighted by molar-refractivity contribution is 4.82. The van der Waals surface area contributed by atoms with Crippen LogP contribution in [0.4, 0.5) is 0 Å². The third-order valence-electron chi connectivity index (χ3n) is 2.56. The predicted octanol–water partition coefficient (Wildman–Crippen LogP) is 0.918. The van der Waals surface area contributed by atoms with Crippen LogP contribution in [-0.2, 0) is 4.74 Å². The molecule has 1 saturated heterocycles. The van der Waals surface area contributed by atoms with Gasteiger partial charge in [0.05, 0.1) is 5.60 Å². The third-order valence-corrected chi connectivity index (χ3v) is 2.56.